The third-order valence-corrected chi connectivity index (χ3v) is 11.9. The van der Waals surface area contributed by atoms with Gasteiger partial charge >= 0.3 is 18.9 Å². The van der Waals surface area contributed by atoms with Gasteiger partial charge in [0.25, 0.3) is 5.24 Å². The van der Waals surface area contributed by atoms with Crippen LogP contribution in [0, 0.1) is 34.5 Å². The minimum atomic E-state index is -0.907. The summed E-state index contributed by atoms with van der Waals surface area (Å²) in [6.07, 6.45) is 8.01. The Balaban J connectivity index is 0.000000224. The molecule has 0 amide bonds. The van der Waals surface area contributed by atoms with Crippen LogP contribution in [-0.4, -0.2) is 37.0 Å². The first kappa shape index (κ1) is 32.4. The predicted octanol–water partition coefficient (Wildman–Crippen LogP) is 3.82. The molecular formula is C22H27Br2Cl4LiO4. The standard InChI is InChI=1S/C8H9ClO2.C5H6Br2Cl2.C5H6.C3H3ClO2.CH3.Li/c1-5(10)7-2-8(3-7,4-7)6(9)11;6-5(7)1-4(5,2-8)3-9;1-4-2-5(1,4)3-4;1-2(5)3(4)6;;/h2-4H2,1H3;1-3H2;1-3H2;1H3;1H3;/q;;;;-1;+1. The second-order valence-corrected chi connectivity index (χ2v) is 15.3. The van der Waals surface area contributed by atoms with Crippen molar-refractivity contribution in [2.75, 3.05) is 11.8 Å². The Morgan fingerprint density at radius 3 is 1.15 bits per heavy atom. The smallest absolute Gasteiger partial charge is 0.358 e. The maximum atomic E-state index is 11.0. The predicted molar refractivity (Wildman–Crippen MR) is 136 cm³/mol. The molecule has 7 fully saturated rings. The number of carbonyl (C=O) groups is 4. The fourth-order valence-electron chi connectivity index (χ4n) is 4.73. The molecule has 7 aliphatic rings. The van der Waals surface area contributed by atoms with Crippen LogP contribution in [0.5, 0.6) is 0 Å². The van der Waals surface area contributed by atoms with Crippen LogP contribution >= 0.6 is 78.3 Å². The molecule has 7 rings (SSSR count). The van der Waals surface area contributed by atoms with Crippen molar-refractivity contribution in [2.45, 2.75) is 62.0 Å². The Kier molecular flexibility index (Phi) is 10.1. The first-order valence-corrected chi connectivity index (χ1v) is 13.4. The van der Waals surface area contributed by atoms with E-state index in [0.717, 1.165) is 24.2 Å². The van der Waals surface area contributed by atoms with E-state index in [9.17, 15) is 19.2 Å². The van der Waals surface area contributed by atoms with Gasteiger partial charge in [0.2, 0.25) is 11.0 Å². The van der Waals surface area contributed by atoms with Gasteiger partial charge < -0.3 is 7.43 Å². The maximum absolute atomic E-state index is 11.0. The van der Waals surface area contributed by atoms with Crippen molar-refractivity contribution in [3.05, 3.63) is 7.43 Å². The number of rotatable bonds is 5. The van der Waals surface area contributed by atoms with E-state index in [-0.39, 0.29) is 56.8 Å². The zero-order valence-corrected chi connectivity index (χ0v) is 25.5. The molecule has 182 valence electrons. The van der Waals surface area contributed by atoms with Crippen molar-refractivity contribution in [1.82, 2.24) is 0 Å². The van der Waals surface area contributed by atoms with Crippen LogP contribution in [0.25, 0.3) is 0 Å². The number of alkyl halides is 4. The van der Waals surface area contributed by atoms with E-state index in [4.69, 9.17) is 34.8 Å². The molecule has 11 heteroatoms. The minimum absolute atomic E-state index is 0. The molecule has 0 atom stereocenters. The molecule has 7 saturated carbocycles. The van der Waals surface area contributed by atoms with Gasteiger partial charge in [-0.25, -0.2) is 0 Å². The average molecular weight is 664 g/mol. The van der Waals surface area contributed by atoms with Gasteiger partial charge in [0.05, 0.1) is 3.23 Å². The molecule has 4 nitrogen and oxygen atoms in total. The van der Waals surface area contributed by atoms with Crippen molar-refractivity contribution in [1.29, 1.82) is 0 Å². The topological polar surface area (TPSA) is 68.3 Å². The fourth-order valence-corrected chi connectivity index (χ4v) is 8.14. The van der Waals surface area contributed by atoms with E-state index in [1.165, 1.54) is 0 Å². The van der Waals surface area contributed by atoms with E-state index >= 15 is 0 Å². The van der Waals surface area contributed by atoms with Crippen LogP contribution in [0.15, 0.2) is 0 Å². The Bertz CT molecular complexity index is 772. The normalized spacial score (nSPS) is 38.1. The zero-order chi connectivity index (χ0) is 23.7. The molecule has 0 unspecified atom stereocenters. The van der Waals surface area contributed by atoms with Crippen LogP contribution in [0.4, 0.5) is 0 Å². The zero-order valence-electron chi connectivity index (χ0n) is 19.3. The summed E-state index contributed by atoms with van der Waals surface area (Å²) in [4.78, 5) is 41.0. The number of Topliss-reactive ketones (excluding diaryl/α,β-unsaturated/α-hetero) is 2. The third-order valence-electron chi connectivity index (χ3n) is 7.97. The number of hydrogen-bond donors (Lipinski definition) is 0. The summed E-state index contributed by atoms with van der Waals surface area (Å²) in [5.74, 6) is 0.842. The van der Waals surface area contributed by atoms with Gasteiger partial charge in [-0.3, -0.25) is 19.2 Å². The fraction of sp³-hybridized carbons (Fsp3) is 0.773. The van der Waals surface area contributed by atoms with Gasteiger partial charge in [0, 0.05) is 34.9 Å². The number of ketones is 2. The van der Waals surface area contributed by atoms with Crippen molar-refractivity contribution < 1.29 is 38.0 Å². The molecule has 2 bridgehead atoms. The monoisotopic (exact) mass is 660 g/mol. The van der Waals surface area contributed by atoms with Crippen LogP contribution in [0.3, 0.4) is 0 Å². The van der Waals surface area contributed by atoms with Crippen molar-refractivity contribution >= 4 is 100 Å². The maximum Gasteiger partial charge on any atom is 1.00 e. The minimum Gasteiger partial charge on any atom is -0.358 e. The molecule has 0 radical (unpaired) electrons. The second kappa shape index (κ2) is 10.3. The summed E-state index contributed by atoms with van der Waals surface area (Å²) in [6.45, 7) is 2.72. The SMILES string of the molecule is C1C23CC12C3.CC(=O)C(=O)Cl.CC(=O)C12CC(C(=O)Cl)(C1)C2.ClCC1(CCl)CC1(Br)Br.[CH3-].[Li+]. The summed E-state index contributed by atoms with van der Waals surface area (Å²) < 4.78 is 0.0243. The van der Waals surface area contributed by atoms with Crippen LogP contribution < -0.4 is 18.9 Å². The van der Waals surface area contributed by atoms with E-state index in [2.05, 4.69) is 43.5 Å². The summed E-state index contributed by atoms with van der Waals surface area (Å²) >= 11 is 28.3. The van der Waals surface area contributed by atoms with Gasteiger partial charge in [-0.2, -0.15) is 0 Å². The number of halogens is 6. The molecule has 33 heavy (non-hydrogen) atoms. The van der Waals surface area contributed by atoms with E-state index in [0.29, 0.717) is 31.0 Å². The molecule has 0 aliphatic heterocycles. The number of carbonyl (C=O) groups excluding carboxylic acids is 4. The number of hydrogen-bond acceptors (Lipinski definition) is 4. The molecule has 0 aromatic heterocycles. The van der Waals surface area contributed by atoms with Crippen LogP contribution in [0.1, 0.15) is 58.8 Å². The van der Waals surface area contributed by atoms with Gasteiger partial charge in [-0.1, -0.05) is 31.9 Å². The van der Waals surface area contributed by atoms with Gasteiger partial charge in [0.1, 0.15) is 5.78 Å². The Labute approximate surface area is 244 Å². The molecular weight excluding hydrogens is 637 g/mol. The Hall–Kier alpha value is 1.40. The van der Waals surface area contributed by atoms with Crippen molar-refractivity contribution in [2.24, 2.45) is 27.1 Å². The summed E-state index contributed by atoms with van der Waals surface area (Å²) in [5, 5.41) is -1.16. The molecule has 0 N–H and O–H groups in total. The Morgan fingerprint density at radius 2 is 1.06 bits per heavy atom. The molecule has 0 aromatic rings. The molecule has 0 saturated heterocycles. The first-order chi connectivity index (χ1) is 14.1. The third kappa shape index (κ3) is 5.79. The second-order valence-electron chi connectivity index (χ2n) is 10.3. The first-order valence-electron chi connectivity index (χ1n) is 10.0. The molecule has 0 heterocycles. The van der Waals surface area contributed by atoms with Crippen molar-refractivity contribution in [3.63, 3.8) is 0 Å². The van der Waals surface area contributed by atoms with Gasteiger partial charge in [0.15, 0.2) is 0 Å². The van der Waals surface area contributed by atoms with E-state index in [1.54, 1.807) is 26.2 Å². The van der Waals surface area contributed by atoms with Crippen LogP contribution in [-0.2, 0) is 19.2 Å². The summed E-state index contributed by atoms with van der Waals surface area (Å²) in [5.41, 5.74) is 1.80. The van der Waals surface area contributed by atoms with E-state index < -0.39 is 11.0 Å². The average Bonchev–Trinajstić information content (AvgIpc) is 3.40. The van der Waals surface area contributed by atoms with Crippen molar-refractivity contribution in [3.8, 4) is 0 Å². The quantitative estimate of drug-likeness (QED) is 0.148. The summed E-state index contributed by atoms with van der Waals surface area (Å²) in [6, 6.07) is 0. The van der Waals surface area contributed by atoms with Gasteiger partial charge in [-0.05, 0) is 85.9 Å². The van der Waals surface area contributed by atoms with Crippen LogP contribution in [0.2, 0.25) is 0 Å². The molecule has 0 aromatic carbocycles. The molecule has 7 aliphatic carbocycles. The Morgan fingerprint density at radius 1 is 0.758 bits per heavy atom. The largest absolute Gasteiger partial charge is 1.00 e. The summed E-state index contributed by atoms with van der Waals surface area (Å²) in [7, 11) is 0. The van der Waals surface area contributed by atoms with Gasteiger partial charge in [-0.15, -0.1) is 23.2 Å². The van der Waals surface area contributed by atoms with E-state index in [1.807, 2.05) is 0 Å². The molecule has 0 spiro atoms.